The summed E-state index contributed by atoms with van der Waals surface area (Å²) in [6.07, 6.45) is 7.50. The molecule has 0 aromatic carbocycles. The average Bonchev–Trinajstić information content (AvgIpc) is 2.37. The molecule has 0 bridgehead atoms. The Morgan fingerprint density at radius 1 is 1.26 bits per heavy atom. The van der Waals surface area contributed by atoms with Gasteiger partial charge < -0.3 is 10.4 Å². The van der Waals surface area contributed by atoms with E-state index in [9.17, 15) is 14.7 Å². The lowest BCUT2D eigenvalue weighted by molar-refractivity contribution is -0.154. The number of hydrogen-bond acceptors (Lipinski definition) is 2. The van der Waals surface area contributed by atoms with E-state index in [4.69, 9.17) is 0 Å². The van der Waals surface area contributed by atoms with Crippen molar-refractivity contribution in [3.05, 3.63) is 0 Å². The van der Waals surface area contributed by atoms with Crippen molar-refractivity contribution < 1.29 is 14.7 Å². The number of hydrogen-bond donors (Lipinski definition) is 2. The highest BCUT2D eigenvalue weighted by molar-refractivity contribution is 5.85. The molecule has 1 atom stereocenters. The largest absolute Gasteiger partial charge is 0.481 e. The standard InChI is InChI=1S/C15H27NO3/c1-3-4-8-12(2)16-13(17)11-15(14(18)19)9-6-5-7-10-15/h12H,3-11H2,1-2H3,(H,16,17)(H,18,19). The number of amides is 1. The first-order valence-corrected chi connectivity index (χ1v) is 7.53. The number of unbranched alkanes of at least 4 members (excludes halogenated alkanes) is 1. The van der Waals surface area contributed by atoms with E-state index < -0.39 is 11.4 Å². The summed E-state index contributed by atoms with van der Waals surface area (Å²) in [6.45, 7) is 4.11. The number of nitrogens with one attached hydrogen (secondary N) is 1. The molecule has 1 amide bonds. The monoisotopic (exact) mass is 269 g/mol. The summed E-state index contributed by atoms with van der Waals surface area (Å²) in [5.41, 5.74) is -0.813. The molecule has 4 heteroatoms. The molecule has 1 rings (SSSR count). The molecule has 110 valence electrons. The molecule has 0 heterocycles. The summed E-state index contributed by atoms with van der Waals surface area (Å²) < 4.78 is 0. The molecule has 0 spiro atoms. The summed E-state index contributed by atoms with van der Waals surface area (Å²) in [6, 6.07) is 0.141. The second-order valence-electron chi connectivity index (χ2n) is 5.93. The van der Waals surface area contributed by atoms with Gasteiger partial charge in [0.2, 0.25) is 5.91 Å². The molecule has 1 aliphatic carbocycles. The highest BCUT2D eigenvalue weighted by Gasteiger charge is 2.41. The number of rotatable bonds is 7. The molecule has 1 unspecified atom stereocenters. The van der Waals surface area contributed by atoms with Crippen LogP contribution in [0.5, 0.6) is 0 Å². The third-order valence-electron chi connectivity index (χ3n) is 4.16. The highest BCUT2D eigenvalue weighted by atomic mass is 16.4. The van der Waals surface area contributed by atoms with Gasteiger partial charge in [0.15, 0.2) is 0 Å². The quantitative estimate of drug-likeness (QED) is 0.746. The van der Waals surface area contributed by atoms with Gasteiger partial charge in [-0.05, 0) is 26.2 Å². The van der Waals surface area contributed by atoms with E-state index in [2.05, 4.69) is 12.2 Å². The Morgan fingerprint density at radius 3 is 2.42 bits per heavy atom. The zero-order valence-electron chi connectivity index (χ0n) is 12.2. The lowest BCUT2D eigenvalue weighted by Crippen LogP contribution is -2.41. The lowest BCUT2D eigenvalue weighted by Gasteiger charge is -2.32. The molecule has 0 aromatic heterocycles. The Kier molecular flexibility index (Phi) is 6.32. The van der Waals surface area contributed by atoms with Gasteiger partial charge in [0.1, 0.15) is 0 Å². The lowest BCUT2D eigenvalue weighted by atomic mass is 9.71. The third kappa shape index (κ3) is 4.84. The van der Waals surface area contributed by atoms with Gasteiger partial charge in [-0.2, -0.15) is 0 Å². The van der Waals surface area contributed by atoms with Crippen LogP contribution in [0.2, 0.25) is 0 Å². The van der Waals surface area contributed by atoms with Crippen LogP contribution in [0.3, 0.4) is 0 Å². The van der Waals surface area contributed by atoms with Gasteiger partial charge in [-0.1, -0.05) is 39.0 Å². The van der Waals surface area contributed by atoms with Crippen molar-refractivity contribution in [2.75, 3.05) is 0 Å². The van der Waals surface area contributed by atoms with E-state index >= 15 is 0 Å². The van der Waals surface area contributed by atoms with E-state index in [1.54, 1.807) is 0 Å². The molecule has 2 N–H and O–H groups in total. The molecule has 19 heavy (non-hydrogen) atoms. The smallest absolute Gasteiger partial charge is 0.310 e. The number of carboxylic acid groups (broad SMARTS) is 1. The molecule has 0 radical (unpaired) electrons. The topological polar surface area (TPSA) is 66.4 Å². The summed E-state index contributed by atoms with van der Waals surface area (Å²) in [4.78, 5) is 23.5. The van der Waals surface area contributed by atoms with Crippen molar-refractivity contribution in [3.63, 3.8) is 0 Å². The highest BCUT2D eigenvalue weighted by Crippen LogP contribution is 2.39. The second-order valence-corrected chi connectivity index (χ2v) is 5.93. The predicted octanol–water partition coefficient (Wildman–Crippen LogP) is 3.11. The van der Waals surface area contributed by atoms with Crippen LogP contribution in [0.15, 0.2) is 0 Å². The maximum atomic E-state index is 12.0. The van der Waals surface area contributed by atoms with Crippen molar-refractivity contribution in [3.8, 4) is 0 Å². The maximum Gasteiger partial charge on any atom is 0.310 e. The SMILES string of the molecule is CCCCC(C)NC(=O)CC1(C(=O)O)CCCCC1. The molecular weight excluding hydrogens is 242 g/mol. The van der Waals surface area contributed by atoms with Crippen molar-refractivity contribution >= 4 is 11.9 Å². The van der Waals surface area contributed by atoms with Crippen LogP contribution in [0, 0.1) is 5.41 Å². The first kappa shape index (κ1) is 16.0. The Labute approximate surface area is 116 Å². The first-order valence-electron chi connectivity index (χ1n) is 7.53. The minimum absolute atomic E-state index is 0.104. The van der Waals surface area contributed by atoms with Gasteiger partial charge in [0.25, 0.3) is 0 Å². The van der Waals surface area contributed by atoms with Crippen LogP contribution in [-0.4, -0.2) is 23.0 Å². The fraction of sp³-hybridized carbons (Fsp3) is 0.867. The Morgan fingerprint density at radius 2 is 1.89 bits per heavy atom. The molecule has 0 saturated heterocycles. The maximum absolute atomic E-state index is 12.0. The van der Waals surface area contributed by atoms with E-state index in [0.717, 1.165) is 38.5 Å². The number of carbonyl (C=O) groups is 2. The van der Waals surface area contributed by atoms with Crippen LogP contribution in [0.1, 0.15) is 71.6 Å². The van der Waals surface area contributed by atoms with Crippen molar-refractivity contribution in [2.45, 2.75) is 77.7 Å². The summed E-state index contributed by atoms with van der Waals surface area (Å²) in [7, 11) is 0. The molecule has 0 aliphatic heterocycles. The Bertz CT molecular complexity index is 309. The summed E-state index contributed by atoms with van der Waals surface area (Å²) in [5.74, 6) is -0.906. The molecule has 4 nitrogen and oxygen atoms in total. The Balaban J connectivity index is 2.50. The van der Waals surface area contributed by atoms with Gasteiger partial charge in [0, 0.05) is 12.5 Å². The van der Waals surface area contributed by atoms with Crippen LogP contribution in [-0.2, 0) is 9.59 Å². The van der Waals surface area contributed by atoms with Crippen molar-refractivity contribution in [1.82, 2.24) is 5.32 Å². The van der Waals surface area contributed by atoms with Gasteiger partial charge in [-0.3, -0.25) is 9.59 Å². The van der Waals surface area contributed by atoms with Crippen LogP contribution >= 0.6 is 0 Å². The summed E-state index contributed by atoms with van der Waals surface area (Å²) >= 11 is 0. The molecule has 0 aromatic rings. The van der Waals surface area contributed by atoms with Gasteiger partial charge in [-0.25, -0.2) is 0 Å². The van der Waals surface area contributed by atoms with E-state index in [1.165, 1.54) is 0 Å². The number of carboxylic acids is 1. The zero-order valence-corrected chi connectivity index (χ0v) is 12.2. The normalized spacial score (nSPS) is 19.7. The number of carbonyl (C=O) groups excluding carboxylic acids is 1. The fourth-order valence-corrected chi connectivity index (χ4v) is 2.91. The first-order chi connectivity index (χ1) is 9.00. The van der Waals surface area contributed by atoms with E-state index in [0.29, 0.717) is 12.8 Å². The minimum atomic E-state index is -0.813. The average molecular weight is 269 g/mol. The molecular formula is C15H27NO3. The van der Waals surface area contributed by atoms with E-state index in [1.807, 2.05) is 6.92 Å². The van der Waals surface area contributed by atoms with Gasteiger partial charge in [-0.15, -0.1) is 0 Å². The van der Waals surface area contributed by atoms with Gasteiger partial charge in [0.05, 0.1) is 5.41 Å². The van der Waals surface area contributed by atoms with Crippen LogP contribution in [0.25, 0.3) is 0 Å². The van der Waals surface area contributed by atoms with Crippen molar-refractivity contribution in [1.29, 1.82) is 0 Å². The minimum Gasteiger partial charge on any atom is -0.481 e. The van der Waals surface area contributed by atoms with Gasteiger partial charge >= 0.3 is 5.97 Å². The fourth-order valence-electron chi connectivity index (χ4n) is 2.91. The predicted molar refractivity (Wildman–Crippen MR) is 74.9 cm³/mol. The summed E-state index contributed by atoms with van der Waals surface area (Å²) in [5, 5.41) is 12.4. The zero-order chi connectivity index (χ0) is 14.3. The third-order valence-corrected chi connectivity index (χ3v) is 4.16. The molecule has 1 aliphatic rings. The molecule has 1 saturated carbocycles. The second kappa shape index (κ2) is 7.51. The van der Waals surface area contributed by atoms with Crippen molar-refractivity contribution in [2.24, 2.45) is 5.41 Å². The van der Waals surface area contributed by atoms with Crippen LogP contribution in [0.4, 0.5) is 0 Å². The number of aliphatic carboxylic acids is 1. The Hall–Kier alpha value is -1.06. The van der Waals surface area contributed by atoms with E-state index in [-0.39, 0.29) is 18.4 Å². The van der Waals surface area contributed by atoms with Crippen LogP contribution < -0.4 is 5.32 Å². The molecule has 1 fully saturated rings.